The summed E-state index contributed by atoms with van der Waals surface area (Å²) in [6.07, 6.45) is 3.71. The normalized spacial score (nSPS) is 18.0. The number of aryl methyl sites for hydroxylation is 1. The van der Waals surface area contributed by atoms with E-state index in [0.717, 1.165) is 46.3 Å². The summed E-state index contributed by atoms with van der Waals surface area (Å²) in [7, 11) is 0. The third-order valence-electron chi connectivity index (χ3n) is 4.04. The van der Waals surface area contributed by atoms with Crippen LogP contribution in [0.1, 0.15) is 40.8 Å². The van der Waals surface area contributed by atoms with Gasteiger partial charge in [-0.1, -0.05) is 11.3 Å². The number of aromatic nitrogens is 2. The predicted molar refractivity (Wildman–Crippen MR) is 87.1 cm³/mol. The zero-order valence-corrected chi connectivity index (χ0v) is 13.3. The van der Waals surface area contributed by atoms with E-state index in [4.69, 9.17) is 9.52 Å². The maximum absolute atomic E-state index is 11.1. The number of hydrogen-bond donors (Lipinski definition) is 1. The van der Waals surface area contributed by atoms with E-state index in [0.29, 0.717) is 0 Å². The van der Waals surface area contributed by atoms with E-state index in [-0.39, 0.29) is 11.6 Å². The van der Waals surface area contributed by atoms with Crippen molar-refractivity contribution < 1.29 is 14.3 Å². The summed E-state index contributed by atoms with van der Waals surface area (Å²) >= 11 is 1.51. The minimum atomic E-state index is -0.920. The third-order valence-corrected chi connectivity index (χ3v) is 5.10. The van der Waals surface area contributed by atoms with E-state index in [2.05, 4.69) is 14.9 Å². The molecule has 1 aliphatic rings. The molecule has 3 aromatic rings. The first-order chi connectivity index (χ1) is 11.1. The van der Waals surface area contributed by atoms with Crippen molar-refractivity contribution in [3.8, 4) is 0 Å². The van der Waals surface area contributed by atoms with Gasteiger partial charge in [0.2, 0.25) is 5.89 Å². The summed E-state index contributed by atoms with van der Waals surface area (Å²) in [4.78, 5) is 22.4. The first-order valence-corrected chi connectivity index (χ1v) is 8.26. The van der Waals surface area contributed by atoms with Crippen LogP contribution in [0.25, 0.3) is 10.2 Å². The highest BCUT2D eigenvalue weighted by molar-refractivity contribution is 7.22. The molecule has 1 aromatic carbocycles. The fourth-order valence-electron chi connectivity index (χ4n) is 2.95. The van der Waals surface area contributed by atoms with Gasteiger partial charge in [0, 0.05) is 6.54 Å². The highest BCUT2D eigenvalue weighted by Crippen LogP contribution is 2.39. The quantitative estimate of drug-likeness (QED) is 0.790. The number of hydrogen-bond acceptors (Lipinski definition) is 6. The molecule has 2 aromatic heterocycles. The number of benzene rings is 1. The summed E-state index contributed by atoms with van der Waals surface area (Å²) in [6, 6.07) is 5.13. The average molecular weight is 329 g/mol. The largest absolute Gasteiger partial charge is 0.478 e. The molecule has 0 aliphatic carbocycles. The van der Waals surface area contributed by atoms with Gasteiger partial charge in [0.1, 0.15) is 12.3 Å². The fourth-order valence-corrected chi connectivity index (χ4v) is 4.03. The van der Waals surface area contributed by atoms with Crippen LogP contribution in [-0.4, -0.2) is 27.6 Å². The molecule has 0 amide bonds. The molecule has 4 rings (SSSR count). The van der Waals surface area contributed by atoms with Crippen molar-refractivity contribution in [2.75, 3.05) is 11.4 Å². The topological polar surface area (TPSA) is 79.5 Å². The Labute approximate surface area is 136 Å². The molecule has 1 saturated heterocycles. The summed E-state index contributed by atoms with van der Waals surface area (Å²) in [5, 5.41) is 10.00. The maximum atomic E-state index is 11.1. The highest BCUT2D eigenvalue weighted by Gasteiger charge is 2.31. The van der Waals surface area contributed by atoms with Gasteiger partial charge < -0.3 is 14.4 Å². The van der Waals surface area contributed by atoms with Gasteiger partial charge in [-0.3, -0.25) is 0 Å². The number of carboxylic acids is 1. The first-order valence-electron chi connectivity index (χ1n) is 7.44. The number of rotatable bonds is 3. The van der Waals surface area contributed by atoms with Gasteiger partial charge in [-0.05, 0) is 38.0 Å². The van der Waals surface area contributed by atoms with Crippen molar-refractivity contribution in [3.63, 3.8) is 0 Å². The Kier molecular flexibility index (Phi) is 3.30. The molecule has 0 spiro atoms. The molecule has 3 heterocycles. The molecule has 7 heteroatoms. The van der Waals surface area contributed by atoms with Crippen LogP contribution in [0.4, 0.5) is 5.13 Å². The van der Waals surface area contributed by atoms with E-state index in [1.807, 2.05) is 6.92 Å². The van der Waals surface area contributed by atoms with Crippen LogP contribution in [0.15, 0.2) is 28.9 Å². The van der Waals surface area contributed by atoms with Gasteiger partial charge in [0.15, 0.2) is 5.13 Å². The highest BCUT2D eigenvalue weighted by atomic mass is 32.1. The van der Waals surface area contributed by atoms with E-state index < -0.39 is 5.97 Å². The van der Waals surface area contributed by atoms with E-state index in [1.165, 1.54) is 11.3 Å². The van der Waals surface area contributed by atoms with Crippen LogP contribution < -0.4 is 4.90 Å². The Morgan fingerprint density at radius 1 is 1.43 bits per heavy atom. The summed E-state index contributed by atoms with van der Waals surface area (Å²) in [5.41, 5.74) is 1.99. The van der Waals surface area contributed by atoms with Crippen LogP contribution >= 0.6 is 11.3 Å². The van der Waals surface area contributed by atoms with Crippen LogP contribution in [0, 0.1) is 6.92 Å². The number of carboxylic acid groups (broad SMARTS) is 1. The lowest BCUT2D eigenvalue weighted by atomic mass is 10.2. The molecular formula is C16H15N3O3S. The fraction of sp³-hybridized carbons (Fsp3) is 0.312. The average Bonchev–Trinajstić information content (AvgIpc) is 3.23. The molecule has 1 aliphatic heterocycles. The van der Waals surface area contributed by atoms with Crippen molar-refractivity contribution >= 4 is 32.7 Å². The molecule has 0 bridgehead atoms. The Bertz CT molecular complexity index is 886. The number of oxazole rings is 1. The third kappa shape index (κ3) is 2.46. The standard InChI is InChI=1S/C16H15N3O3S/c1-9-8-22-14(17-9)12-3-2-6-19(12)16-18-11-5-4-10(15(20)21)7-13(11)23-16/h4-5,7-8,12H,2-3,6H2,1H3,(H,20,21). The lowest BCUT2D eigenvalue weighted by molar-refractivity contribution is 0.0697. The van der Waals surface area contributed by atoms with E-state index in [1.54, 1.807) is 24.5 Å². The van der Waals surface area contributed by atoms with Crippen LogP contribution in [0.3, 0.4) is 0 Å². The molecule has 6 nitrogen and oxygen atoms in total. The van der Waals surface area contributed by atoms with Crippen molar-refractivity contribution in [1.29, 1.82) is 0 Å². The second-order valence-electron chi connectivity index (χ2n) is 5.66. The molecule has 1 fully saturated rings. The zero-order valence-electron chi connectivity index (χ0n) is 12.5. The molecule has 0 saturated carbocycles. The molecular weight excluding hydrogens is 314 g/mol. The number of nitrogens with zero attached hydrogens (tertiary/aromatic N) is 3. The second kappa shape index (κ2) is 5.34. The van der Waals surface area contributed by atoms with Gasteiger partial charge in [0.05, 0.1) is 21.5 Å². The molecule has 1 N–H and O–H groups in total. The van der Waals surface area contributed by atoms with Gasteiger partial charge in [-0.25, -0.2) is 14.8 Å². The molecule has 118 valence electrons. The van der Waals surface area contributed by atoms with Gasteiger partial charge in [-0.2, -0.15) is 0 Å². The Hall–Kier alpha value is -2.41. The predicted octanol–water partition coefficient (Wildman–Crippen LogP) is 3.63. The SMILES string of the molecule is Cc1coc(C2CCCN2c2nc3ccc(C(=O)O)cc3s2)n1. The first kappa shape index (κ1) is 14.2. The van der Waals surface area contributed by atoms with Crippen LogP contribution in [-0.2, 0) is 0 Å². The Balaban J connectivity index is 1.71. The lowest BCUT2D eigenvalue weighted by Gasteiger charge is -2.20. The van der Waals surface area contributed by atoms with Crippen LogP contribution in [0.5, 0.6) is 0 Å². The smallest absolute Gasteiger partial charge is 0.335 e. The van der Waals surface area contributed by atoms with Crippen molar-refractivity contribution in [1.82, 2.24) is 9.97 Å². The summed E-state index contributed by atoms with van der Waals surface area (Å²) in [5.74, 6) is -0.193. The molecule has 1 atom stereocenters. The number of aromatic carboxylic acids is 1. The summed E-state index contributed by atoms with van der Waals surface area (Å²) < 4.78 is 6.45. The lowest BCUT2D eigenvalue weighted by Crippen LogP contribution is -2.22. The zero-order chi connectivity index (χ0) is 16.0. The summed E-state index contributed by atoms with van der Waals surface area (Å²) in [6.45, 7) is 2.81. The number of anilines is 1. The van der Waals surface area contributed by atoms with Crippen LogP contribution in [0.2, 0.25) is 0 Å². The molecule has 0 radical (unpaired) electrons. The van der Waals surface area contributed by atoms with E-state index in [9.17, 15) is 4.79 Å². The number of carbonyl (C=O) groups is 1. The van der Waals surface area contributed by atoms with Gasteiger partial charge in [-0.15, -0.1) is 0 Å². The Morgan fingerprint density at radius 3 is 3.04 bits per heavy atom. The molecule has 1 unspecified atom stereocenters. The molecule has 23 heavy (non-hydrogen) atoms. The second-order valence-corrected chi connectivity index (χ2v) is 6.67. The monoisotopic (exact) mass is 329 g/mol. The van der Waals surface area contributed by atoms with E-state index >= 15 is 0 Å². The van der Waals surface area contributed by atoms with Crippen molar-refractivity contribution in [2.24, 2.45) is 0 Å². The van der Waals surface area contributed by atoms with Gasteiger partial charge >= 0.3 is 5.97 Å². The number of thiazole rings is 1. The Morgan fingerprint density at radius 2 is 2.30 bits per heavy atom. The minimum Gasteiger partial charge on any atom is -0.478 e. The van der Waals surface area contributed by atoms with Crippen molar-refractivity contribution in [3.05, 3.63) is 41.6 Å². The minimum absolute atomic E-state index is 0.100. The van der Waals surface area contributed by atoms with Gasteiger partial charge in [0.25, 0.3) is 0 Å². The van der Waals surface area contributed by atoms with Crippen molar-refractivity contribution in [2.45, 2.75) is 25.8 Å². The number of fused-ring (bicyclic) bond motifs is 1. The maximum Gasteiger partial charge on any atom is 0.335 e.